The number of nitriles is 1. The van der Waals surface area contributed by atoms with E-state index in [1.807, 2.05) is 6.07 Å². The normalized spacial score (nSPS) is 7.35. The Morgan fingerprint density at radius 1 is 1.29 bits per heavy atom. The molecule has 0 aromatic carbocycles. The minimum Gasteiger partial charge on any atom is -0.481 e. The first-order chi connectivity index (χ1) is 7.83. The van der Waals surface area contributed by atoms with Crippen molar-refractivity contribution in [1.82, 2.24) is 0 Å². The highest BCUT2D eigenvalue weighted by Gasteiger charge is 1.94. The number of nitrogens with zero attached hydrogens (tertiary/aromatic N) is 1. The van der Waals surface area contributed by atoms with Gasteiger partial charge in [-0.05, 0) is 12.1 Å². The van der Waals surface area contributed by atoms with Gasteiger partial charge in [0.15, 0.2) is 6.29 Å². The van der Waals surface area contributed by atoms with E-state index in [0.717, 1.165) is 20.1 Å². The molecule has 0 aliphatic heterocycles. The molecular formula is C10H11NO5S. The lowest BCUT2D eigenvalue weighted by Crippen LogP contribution is -1.78. The van der Waals surface area contributed by atoms with Crippen molar-refractivity contribution in [3.63, 3.8) is 0 Å². The van der Waals surface area contributed by atoms with Crippen LogP contribution < -0.4 is 0 Å². The highest BCUT2D eigenvalue weighted by molar-refractivity contribution is 7.14. The number of rotatable bonds is 1. The lowest BCUT2D eigenvalue weighted by Gasteiger charge is -1.69. The van der Waals surface area contributed by atoms with Gasteiger partial charge in [-0.15, -0.1) is 11.3 Å². The summed E-state index contributed by atoms with van der Waals surface area (Å²) < 4.78 is 0. The molecule has 0 aliphatic carbocycles. The van der Waals surface area contributed by atoms with Gasteiger partial charge in [-0.3, -0.25) is 14.4 Å². The lowest BCUT2D eigenvalue weighted by molar-refractivity contribution is -0.135. The maximum atomic E-state index is 10.0. The van der Waals surface area contributed by atoms with Gasteiger partial charge >= 0.3 is 0 Å². The Balaban J connectivity index is 0. The number of carboxylic acids is 2. The average Bonchev–Trinajstić information content (AvgIpc) is 2.63. The highest BCUT2D eigenvalue weighted by atomic mass is 32.1. The van der Waals surface area contributed by atoms with E-state index >= 15 is 0 Å². The van der Waals surface area contributed by atoms with Gasteiger partial charge in [0.05, 0.1) is 4.88 Å². The minimum absolute atomic E-state index is 0.581. The van der Waals surface area contributed by atoms with E-state index in [1.165, 1.54) is 11.3 Å². The minimum atomic E-state index is -0.833. The third-order valence-electron chi connectivity index (χ3n) is 0.853. The summed E-state index contributed by atoms with van der Waals surface area (Å²) in [4.78, 5) is 29.2. The number of aldehydes is 1. The van der Waals surface area contributed by atoms with Gasteiger partial charge in [0.25, 0.3) is 11.9 Å². The molecule has 1 heterocycles. The zero-order chi connectivity index (χ0) is 13.8. The van der Waals surface area contributed by atoms with Gasteiger partial charge in [0, 0.05) is 13.8 Å². The molecule has 1 rings (SSSR count). The quantitative estimate of drug-likeness (QED) is 0.738. The van der Waals surface area contributed by atoms with Crippen LogP contribution >= 0.6 is 11.3 Å². The predicted octanol–water partition coefficient (Wildman–Crippen LogP) is 1.61. The van der Waals surface area contributed by atoms with Gasteiger partial charge in [0.2, 0.25) is 0 Å². The van der Waals surface area contributed by atoms with Crippen LogP contribution in [0.2, 0.25) is 0 Å². The molecule has 0 fully saturated rings. The van der Waals surface area contributed by atoms with E-state index in [9.17, 15) is 4.79 Å². The molecule has 1 aromatic heterocycles. The zero-order valence-electron chi connectivity index (χ0n) is 9.21. The van der Waals surface area contributed by atoms with E-state index < -0.39 is 11.9 Å². The van der Waals surface area contributed by atoms with Crippen LogP contribution in [-0.2, 0) is 9.59 Å². The van der Waals surface area contributed by atoms with E-state index in [2.05, 4.69) is 0 Å². The van der Waals surface area contributed by atoms with Crippen LogP contribution in [0.5, 0.6) is 0 Å². The molecule has 17 heavy (non-hydrogen) atoms. The van der Waals surface area contributed by atoms with Crippen molar-refractivity contribution in [2.75, 3.05) is 0 Å². The maximum Gasteiger partial charge on any atom is 0.300 e. The second-order valence-corrected chi connectivity index (χ2v) is 3.59. The van der Waals surface area contributed by atoms with Crippen molar-refractivity contribution in [2.24, 2.45) is 0 Å². The summed E-state index contributed by atoms with van der Waals surface area (Å²) in [7, 11) is 0. The van der Waals surface area contributed by atoms with Crippen LogP contribution in [0.4, 0.5) is 0 Å². The highest BCUT2D eigenvalue weighted by Crippen LogP contribution is 2.11. The van der Waals surface area contributed by atoms with Crippen LogP contribution in [0.3, 0.4) is 0 Å². The van der Waals surface area contributed by atoms with Crippen LogP contribution in [0.1, 0.15) is 28.4 Å². The maximum absolute atomic E-state index is 10.0. The van der Waals surface area contributed by atoms with Crippen LogP contribution in [0.25, 0.3) is 0 Å². The van der Waals surface area contributed by atoms with Gasteiger partial charge in [-0.2, -0.15) is 5.26 Å². The second kappa shape index (κ2) is 10.3. The van der Waals surface area contributed by atoms with Crippen molar-refractivity contribution < 1.29 is 24.6 Å². The Kier molecular flexibility index (Phi) is 10.4. The number of aliphatic carboxylic acids is 2. The number of hydrogen-bond acceptors (Lipinski definition) is 5. The number of thiophene rings is 1. The molecule has 0 bridgehead atoms. The summed E-state index contributed by atoms with van der Waals surface area (Å²) in [6.07, 6.45) is 0.742. The summed E-state index contributed by atoms with van der Waals surface area (Å²) in [5.41, 5.74) is 0. The largest absolute Gasteiger partial charge is 0.481 e. The van der Waals surface area contributed by atoms with E-state index in [0.29, 0.717) is 9.75 Å². The van der Waals surface area contributed by atoms with Gasteiger partial charge in [0.1, 0.15) is 10.9 Å². The van der Waals surface area contributed by atoms with Crippen LogP contribution in [-0.4, -0.2) is 28.4 Å². The van der Waals surface area contributed by atoms with Crippen molar-refractivity contribution in [3.05, 3.63) is 21.9 Å². The predicted molar refractivity (Wildman–Crippen MR) is 61.0 cm³/mol. The molecular weight excluding hydrogens is 246 g/mol. The van der Waals surface area contributed by atoms with E-state index in [1.54, 1.807) is 12.1 Å². The summed E-state index contributed by atoms with van der Waals surface area (Å²) in [5, 5.41) is 23.1. The molecule has 6 nitrogen and oxygen atoms in total. The third-order valence-corrected chi connectivity index (χ3v) is 1.77. The van der Waals surface area contributed by atoms with Crippen molar-refractivity contribution in [1.29, 1.82) is 5.26 Å². The van der Waals surface area contributed by atoms with Crippen molar-refractivity contribution in [3.8, 4) is 6.07 Å². The third kappa shape index (κ3) is 16.5. The molecule has 0 aliphatic rings. The number of carbonyl (C=O) groups excluding carboxylic acids is 1. The Morgan fingerprint density at radius 3 is 1.88 bits per heavy atom. The lowest BCUT2D eigenvalue weighted by atomic mass is 10.4. The first-order valence-electron chi connectivity index (χ1n) is 4.17. The first-order valence-corrected chi connectivity index (χ1v) is 4.99. The molecule has 0 radical (unpaired) electrons. The Bertz CT molecular complexity index is 399. The van der Waals surface area contributed by atoms with Crippen LogP contribution in [0.15, 0.2) is 12.1 Å². The average molecular weight is 257 g/mol. The second-order valence-electron chi connectivity index (χ2n) is 2.47. The zero-order valence-corrected chi connectivity index (χ0v) is 10.0. The van der Waals surface area contributed by atoms with Crippen LogP contribution in [0, 0.1) is 11.3 Å². The first kappa shape index (κ1) is 17.2. The van der Waals surface area contributed by atoms with Gasteiger partial charge < -0.3 is 10.2 Å². The van der Waals surface area contributed by atoms with Gasteiger partial charge in [-0.25, -0.2) is 0 Å². The molecule has 0 saturated heterocycles. The topological polar surface area (TPSA) is 115 Å². The molecule has 0 amide bonds. The van der Waals surface area contributed by atoms with Crippen molar-refractivity contribution >= 4 is 29.6 Å². The number of hydrogen-bond donors (Lipinski definition) is 2. The fourth-order valence-corrected chi connectivity index (χ4v) is 1.10. The Morgan fingerprint density at radius 2 is 1.71 bits per heavy atom. The molecule has 92 valence electrons. The monoisotopic (exact) mass is 257 g/mol. The van der Waals surface area contributed by atoms with E-state index in [-0.39, 0.29) is 0 Å². The molecule has 0 atom stereocenters. The smallest absolute Gasteiger partial charge is 0.300 e. The fourth-order valence-electron chi connectivity index (χ4n) is 0.476. The standard InChI is InChI=1S/C6H3NOS.2C2H4O2/c7-3-5-1-2-6(4-8)9-5;2*1-2(3)4/h1-2,4H;2*1H3,(H,3,4). The molecule has 1 aromatic rings. The molecule has 0 spiro atoms. The van der Waals surface area contributed by atoms with E-state index in [4.69, 9.17) is 25.1 Å². The summed E-state index contributed by atoms with van der Waals surface area (Å²) in [6, 6.07) is 5.21. The summed E-state index contributed by atoms with van der Waals surface area (Å²) in [5.74, 6) is -1.67. The number of carbonyl (C=O) groups is 3. The Hall–Kier alpha value is -2.20. The molecule has 0 saturated carbocycles. The SMILES string of the molecule is CC(=O)O.CC(=O)O.N#Cc1ccc(C=O)s1. The number of carboxylic acid groups (broad SMARTS) is 2. The molecule has 7 heteroatoms. The van der Waals surface area contributed by atoms with Crippen molar-refractivity contribution in [2.45, 2.75) is 13.8 Å². The Labute approximate surface area is 102 Å². The summed E-state index contributed by atoms with van der Waals surface area (Å²) in [6.45, 7) is 2.17. The van der Waals surface area contributed by atoms with Gasteiger partial charge in [-0.1, -0.05) is 0 Å². The fraction of sp³-hybridized carbons (Fsp3) is 0.200. The molecule has 0 unspecified atom stereocenters. The summed E-state index contributed by atoms with van der Waals surface area (Å²) >= 11 is 1.20. The molecule has 2 N–H and O–H groups in total.